The molecule has 3 heteroatoms. The van der Waals surface area contributed by atoms with Crippen LogP contribution in [0.1, 0.15) is 51.6 Å². The maximum atomic E-state index is 13.1. The first-order valence-electron chi connectivity index (χ1n) is 10.4. The monoisotopic (exact) mass is 395 g/mol. The van der Waals surface area contributed by atoms with Crippen molar-refractivity contribution in [1.82, 2.24) is 4.57 Å². The van der Waals surface area contributed by atoms with Crippen LogP contribution >= 0.6 is 0 Å². The largest absolute Gasteiger partial charge is 0.341 e. The number of carbonyl (C=O) groups excluding carboxylic acids is 2. The Morgan fingerprint density at radius 3 is 2.20 bits per heavy atom. The minimum absolute atomic E-state index is 0.0191. The van der Waals surface area contributed by atoms with E-state index in [1.807, 2.05) is 67.6 Å². The summed E-state index contributed by atoms with van der Waals surface area (Å²) >= 11 is 0. The molecule has 3 aromatic carbocycles. The lowest BCUT2D eigenvalue weighted by Crippen LogP contribution is -2.03. The van der Waals surface area contributed by atoms with E-state index in [0.29, 0.717) is 24.0 Å². The van der Waals surface area contributed by atoms with Gasteiger partial charge in [0.05, 0.1) is 0 Å². The van der Waals surface area contributed by atoms with Gasteiger partial charge in [-0.05, 0) is 62.2 Å². The third-order valence-electron chi connectivity index (χ3n) is 5.73. The van der Waals surface area contributed by atoms with Crippen molar-refractivity contribution in [2.24, 2.45) is 0 Å². The van der Waals surface area contributed by atoms with E-state index in [2.05, 4.69) is 18.1 Å². The molecule has 0 fully saturated rings. The molecule has 4 aromatic rings. The van der Waals surface area contributed by atoms with Crippen molar-refractivity contribution in [1.29, 1.82) is 0 Å². The van der Waals surface area contributed by atoms with E-state index in [-0.39, 0.29) is 11.6 Å². The van der Waals surface area contributed by atoms with Crippen LogP contribution in [0.15, 0.2) is 73.3 Å². The van der Waals surface area contributed by atoms with Gasteiger partial charge in [-0.2, -0.15) is 0 Å². The predicted molar refractivity (Wildman–Crippen MR) is 123 cm³/mol. The van der Waals surface area contributed by atoms with Crippen LogP contribution in [0.3, 0.4) is 0 Å². The fourth-order valence-corrected chi connectivity index (χ4v) is 4.12. The number of aromatic nitrogens is 1. The summed E-state index contributed by atoms with van der Waals surface area (Å²) in [7, 11) is 0. The third kappa shape index (κ3) is 3.37. The zero-order chi connectivity index (χ0) is 21.3. The zero-order valence-corrected chi connectivity index (χ0v) is 17.4. The Hall–Kier alpha value is -3.46. The van der Waals surface area contributed by atoms with Crippen LogP contribution in [0, 0.1) is 6.92 Å². The fraction of sp³-hybridized carbons (Fsp3) is 0.185. The van der Waals surface area contributed by atoms with Gasteiger partial charge >= 0.3 is 0 Å². The summed E-state index contributed by atoms with van der Waals surface area (Å²) in [6.45, 7) is 8.58. The number of allylic oxidation sites excluding steroid dienone is 1. The van der Waals surface area contributed by atoms with E-state index in [1.54, 1.807) is 6.08 Å². The van der Waals surface area contributed by atoms with E-state index in [9.17, 15) is 9.59 Å². The molecule has 0 spiro atoms. The van der Waals surface area contributed by atoms with Crippen molar-refractivity contribution in [2.45, 2.75) is 33.2 Å². The van der Waals surface area contributed by atoms with Crippen molar-refractivity contribution >= 4 is 33.4 Å². The summed E-state index contributed by atoms with van der Waals surface area (Å²) in [5.41, 5.74) is 5.20. The van der Waals surface area contributed by atoms with Gasteiger partial charge in [-0.1, -0.05) is 30.3 Å². The Morgan fingerprint density at radius 1 is 0.933 bits per heavy atom. The molecule has 0 saturated carbocycles. The number of hydrogen-bond donors (Lipinski definition) is 0. The number of Topliss-reactive ketones (excluding diaryl/α,β-unsaturated/α-hetero) is 1. The van der Waals surface area contributed by atoms with E-state index >= 15 is 0 Å². The summed E-state index contributed by atoms with van der Waals surface area (Å²) < 4.78 is 2.23. The lowest BCUT2D eigenvalue weighted by atomic mass is 9.97. The quantitative estimate of drug-likeness (QED) is 0.264. The van der Waals surface area contributed by atoms with Gasteiger partial charge in [0.1, 0.15) is 0 Å². The number of ketones is 2. The highest BCUT2D eigenvalue weighted by molar-refractivity contribution is 6.16. The minimum Gasteiger partial charge on any atom is -0.341 e. The summed E-state index contributed by atoms with van der Waals surface area (Å²) in [5, 5.41) is 2.01. The molecule has 1 heterocycles. The van der Waals surface area contributed by atoms with E-state index in [4.69, 9.17) is 0 Å². The van der Waals surface area contributed by atoms with Crippen LogP contribution < -0.4 is 0 Å². The van der Waals surface area contributed by atoms with Crippen LogP contribution in [0.5, 0.6) is 0 Å². The molecule has 0 radical (unpaired) electrons. The van der Waals surface area contributed by atoms with E-state index in [0.717, 1.165) is 39.5 Å². The Morgan fingerprint density at radius 2 is 1.57 bits per heavy atom. The molecule has 0 bridgehead atoms. The van der Waals surface area contributed by atoms with Crippen LogP contribution in [-0.4, -0.2) is 16.1 Å². The molecular weight excluding hydrogens is 370 g/mol. The standard InChI is InChI=1S/C27H25NO2/c1-4-6-11-26(29)19-12-14-24-22(16-19)23-17-20(13-15-25(23)28(24)5-2)27(30)21-10-8-7-9-18(21)3/h4,7-10,12-17H,1,5-6,11H2,2-3H3. The van der Waals surface area contributed by atoms with Gasteiger partial charge in [-0.3, -0.25) is 9.59 Å². The Bertz CT molecular complexity index is 1290. The molecule has 0 N–H and O–H groups in total. The molecular formula is C27H25NO2. The zero-order valence-electron chi connectivity index (χ0n) is 17.4. The normalized spacial score (nSPS) is 11.1. The topological polar surface area (TPSA) is 39.1 Å². The second kappa shape index (κ2) is 8.11. The first kappa shape index (κ1) is 19.8. The summed E-state index contributed by atoms with van der Waals surface area (Å²) in [6, 6.07) is 19.4. The van der Waals surface area contributed by atoms with Crippen molar-refractivity contribution < 1.29 is 9.59 Å². The van der Waals surface area contributed by atoms with Gasteiger partial charge < -0.3 is 4.57 Å². The lowest BCUT2D eigenvalue weighted by molar-refractivity contribution is 0.0982. The molecule has 150 valence electrons. The van der Waals surface area contributed by atoms with Crippen LogP contribution in [-0.2, 0) is 6.54 Å². The van der Waals surface area contributed by atoms with Crippen molar-refractivity contribution in [3.63, 3.8) is 0 Å². The molecule has 3 nitrogen and oxygen atoms in total. The van der Waals surface area contributed by atoms with E-state index < -0.39 is 0 Å². The SMILES string of the molecule is C=CCCC(=O)c1ccc2c(c1)c1cc(C(=O)c3ccccc3C)ccc1n2CC. The second-order valence-corrected chi connectivity index (χ2v) is 7.60. The molecule has 0 aliphatic rings. The maximum absolute atomic E-state index is 13.1. The summed E-state index contributed by atoms with van der Waals surface area (Å²) in [6.07, 6.45) is 2.89. The minimum atomic E-state index is 0.0191. The number of nitrogens with zero attached hydrogens (tertiary/aromatic N) is 1. The maximum Gasteiger partial charge on any atom is 0.193 e. The molecule has 0 aliphatic carbocycles. The molecule has 0 atom stereocenters. The number of fused-ring (bicyclic) bond motifs is 3. The molecule has 0 amide bonds. The Balaban J connectivity index is 1.88. The lowest BCUT2D eigenvalue weighted by Gasteiger charge is -2.06. The first-order chi connectivity index (χ1) is 14.5. The molecule has 0 unspecified atom stereocenters. The molecule has 1 aromatic heterocycles. The molecule has 4 rings (SSSR count). The second-order valence-electron chi connectivity index (χ2n) is 7.60. The average Bonchev–Trinajstić information content (AvgIpc) is 3.09. The van der Waals surface area contributed by atoms with Crippen LogP contribution in [0.4, 0.5) is 0 Å². The Kier molecular flexibility index (Phi) is 5.37. The van der Waals surface area contributed by atoms with Crippen molar-refractivity contribution in [3.8, 4) is 0 Å². The van der Waals surface area contributed by atoms with Gasteiger partial charge in [0.25, 0.3) is 0 Å². The molecule has 30 heavy (non-hydrogen) atoms. The number of rotatable bonds is 7. The summed E-state index contributed by atoms with van der Waals surface area (Å²) in [5.74, 6) is 0.131. The average molecular weight is 396 g/mol. The van der Waals surface area contributed by atoms with Crippen molar-refractivity contribution in [3.05, 3.63) is 95.6 Å². The van der Waals surface area contributed by atoms with Crippen LogP contribution in [0.25, 0.3) is 21.8 Å². The van der Waals surface area contributed by atoms with Gasteiger partial charge in [-0.25, -0.2) is 0 Å². The highest BCUT2D eigenvalue weighted by Crippen LogP contribution is 2.31. The van der Waals surface area contributed by atoms with Crippen molar-refractivity contribution in [2.75, 3.05) is 0 Å². The summed E-state index contributed by atoms with van der Waals surface area (Å²) in [4.78, 5) is 25.7. The number of aryl methyl sites for hydroxylation is 2. The smallest absolute Gasteiger partial charge is 0.193 e. The fourth-order valence-electron chi connectivity index (χ4n) is 4.12. The highest BCUT2D eigenvalue weighted by atomic mass is 16.1. The number of carbonyl (C=O) groups is 2. The number of benzene rings is 3. The van der Waals surface area contributed by atoms with Gasteiger partial charge in [0, 0.05) is 51.5 Å². The molecule has 0 aliphatic heterocycles. The van der Waals surface area contributed by atoms with Gasteiger partial charge in [0.2, 0.25) is 0 Å². The number of hydrogen-bond acceptors (Lipinski definition) is 2. The third-order valence-corrected chi connectivity index (χ3v) is 5.73. The first-order valence-corrected chi connectivity index (χ1v) is 10.4. The molecule has 0 saturated heterocycles. The highest BCUT2D eigenvalue weighted by Gasteiger charge is 2.16. The van der Waals surface area contributed by atoms with Crippen LogP contribution in [0.2, 0.25) is 0 Å². The predicted octanol–water partition coefficient (Wildman–Crippen LogP) is 6.50. The van der Waals surface area contributed by atoms with E-state index in [1.165, 1.54) is 0 Å². The van der Waals surface area contributed by atoms with Gasteiger partial charge in [-0.15, -0.1) is 6.58 Å². The van der Waals surface area contributed by atoms with Gasteiger partial charge in [0.15, 0.2) is 11.6 Å². The Labute approximate surface area is 176 Å².